The molecule has 130 valence electrons. The van der Waals surface area contributed by atoms with Gasteiger partial charge in [-0.2, -0.15) is 10.1 Å². The molecular weight excluding hydrogens is 318 g/mol. The van der Waals surface area contributed by atoms with E-state index in [1.54, 1.807) is 9.42 Å². The van der Waals surface area contributed by atoms with Crippen LogP contribution in [0.25, 0.3) is 5.78 Å². The van der Waals surface area contributed by atoms with Crippen molar-refractivity contribution in [2.75, 3.05) is 7.05 Å². The van der Waals surface area contributed by atoms with Crippen LogP contribution in [0.5, 0.6) is 0 Å². The van der Waals surface area contributed by atoms with Gasteiger partial charge in [-0.25, -0.2) is 9.50 Å². The third-order valence-corrected chi connectivity index (χ3v) is 4.94. The fourth-order valence-electron chi connectivity index (χ4n) is 3.64. The van der Waals surface area contributed by atoms with E-state index >= 15 is 0 Å². The van der Waals surface area contributed by atoms with Crippen molar-refractivity contribution in [1.29, 1.82) is 0 Å². The highest BCUT2D eigenvalue weighted by molar-refractivity contribution is 5.91. The third kappa shape index (κ3) is 2.48. The van der Waals surface area contributed by atoms with E-state index in [2.05, 4.69) is 20.2 Å². The molecule has 8 heteroatoms. The van der Waals surface area contributed by atoms with Crippen molar-refractivity contribution < 1.29 is 4.79 Å². The summed E-state index contributed by atoms with van der Waals surface area (Å²) in [6.45, 7) is 3.83. The van der Waals surface area contributed by atoms with Crippen LogP contribution in [0.1, 0.15) is 52.1 Å². The molecule has 0 bridgehead atoms. The molecule has 0 spiro atoms. The Hall–Kier alpha value is -2.77. The van der Waals surface area contributed by atoms with E-state index in [-0.39, 0.29) is 17.8 Å². The lowest BCUT2D eigenvalue weighted by atomic mass is 9.92. The highest BCUT2D eigenvalue weighted by atomic mass is 16.2. The number of carbonyl (C=O) groups is 1. The number of aromatic nitrogens is 6. The number of nitrogens with zero attached hydrogens (tertiary/aromatic N) is 7. The van der Waals surface area contributed by atoms with Crippen LogP contribution in [-0.2, 0) is 13.5 Å². The summed E-state index contributed by atoms with van der Waals surface area (Å²) in [6.07, 6.45) is 4.83. The molecule has 1 atom stereocenters. The first-order valence-corrected chi connectivity index (χ1v) is 8.44. The summed E-state index contributed by atoms with van der Waals surface area (Å²) in [5.41, 5.74) is 4.09. The van der Waals surface area contributed by atoms with Gasteiger partial charge in [-0.05, 0) is 39.2 Å². The molecule has 3 heterocycles. The third-order valence-electron chi connectivity index (χ3n) is 4.94. The van der Waals surface area contributed by atoms with Crippen LogP contribution in [0, 0.1) is 13.8 Å². The van der Waals surface area contributed by atoms with Crippen LogP contribution in [0.15, 0.2) is 12.3 Å². The van der Waals surface area contributed by atoms with Crippen molar-refractivity contribution in [2.24, 2.45) is 7.05 Å². The van der Waals surface area contributed by atoms with Crippen LogP contribution in [-0.4, -0.2) is 47.2 Å². The lowest BCUT2D eigenvalue weighted by molar-refractivity contribution is 0.0702. The summed E-state index contributed by atoms with van der Waals surface area (Å²) in [6, 6.07) is 1.93. The summed E-state index contributed by atoms with van der Waals surface area (Å²) >= 11 is 0. The quantitative estimate of drug-likeness (QED) is 0.709. The van der Waals surface area contributed by atoms with Gasteiger partial charge in [0.2, 0.25) is 5.82 Å². The topological polar surface area (TPSA) is 81.2 Å². The second kappa shape index (κ2) is 5.65. The van der Waals surface area contributed by atoms with Gasteiger partial charge < -0.3 is 4.90 Å². The van der Waals surface area contributed by atoms with Crippen LogP contribution in [0.4, 0.5) is 0 Å². The van der Waals surface area contributed by atoms with Gasteiger partial charge in [0.15, 0.2) is 0 Å². The minimum atomic E-state index is -0.191. The SMILES string of the molecule is Cc1cc(C)n2nc(C(=O)N(C)C3CCCc4c3cnn4C)nc2n1. The maximum atomic E-state index is 13.0. The minimum Gasteiger partial charge on any atom is -0.332 e. The van der Waals surface area contributed by atoms with E-state index in [9.17, 15) is 4.79 Å². The van der Waals surface area contributed by atoms with Gasteiger partial charge in [0.1, 0.15) is 0 Å². The van der Waals surface area contributed by atoms with Crippen LogP contribution < -0.4 is 0 Å². The predicted molar refractivity (Wildman–Crippen MR) is 91.2 cm³/mol. The molecule has 3 aromatic heterocycles. The standard InChI is InChI=1S/C17H21N7O/c1-10-8-11(2)24-17(19-10)20-15(21-24)16(25)22(3)13-6-5-7-14-12(13)9-18-23(14)4/h8-9,13H,5-7H2,1-4H3. The Balaban J connectivity index is 1.68. The molecule has 0 aromatic carbocycles. The predicted octanol–water partition coefficient (Wildman–Crippen LogP) is 1.62. The molecule has 8 nitrogen and oxygen atoms in total. The van der Waals surface area contributed by atoms with E-state index in [0.29, 0.717) is 5.78 Å². The Morgan fingerprint density at radius 2 is 2.12 bits per heavy atom. The molecule has 1 aliphatic rings. The van der Waals surface area contributed by atoms with Crippen molar-refractivity contribution in [3.05, 3.63) is 40.7 Å². The van der Waals surface area contributed by atoms with Crippen molar-refractivity contribution in [2.45, 2.75) is 39.2 Å². The number of hydrogen-bond acceptors (Lipinski definition) is 5. The molecule has 0 aliphatic heterocycles. The first-order valence-electron chi connectivity index (χ1n) is 8.44. The Kier molecular flexibility index (Phi) is 3.55. The normalized spacial score (nSPS) is 16.9. The Labute approximate surface area is 145 Å². The maximum Gasteiger partial charge on any atom is 0.293 e. The summed E-state index contributed by atoms with van der Waals surface area (Å²) in [7, 11) is 3.76. The number of fused-ring (bicyclic) bond motifs is 2. The zero-order valence-electron chi connectivity index (χ0n) is 14.9. The minimum absolute atomic E-state index is 0.00681. The van der Waals surface area contributed by atoms with Crippen molar-refractivity contribution >= 4 is 11.7 Å². The highest BCUT2D eigenvalue weighted by Gasteiger charge is 2.31. The second-order valence-electron chi connectivity index (χ2n) is 6.68. The first kappa shape index (κ1) is 15.7. The monoisotopic (exact) mass is 339 g/mol. The summed E-state index contributed by atoms with van der Waals surface area (Å²) in [5, 5.41) is 8.71. The molecule has 0 saturated carbocycles. The zero-order chi connectivity index (χ0) is 17.7. The number of amides is 1. The summed E-state index contributed by atoms with van der Waals surface area (Å²) in [5.74, 6) is 0.448. The van der Waals surface area contributed by atoms with Crippen molar-refractivity contribution in [3.63, 3.8) is 0 Å². The molecule has 3 aromatic rings. The number of carbonyl (C=O) groups excluding carboxylic acids is 1. The fraction of sp³-hybridized carbons (Fsp3) is 0.471. The second-order valence-corrected chi connectivity index (χ2v) is 6.68. The summed E-state index contributed by atoms with van der Waals surface area (Å²) in [4.78, 5) is 23.4. The largest absolute Gasteiger partial charge is 0.332 e. The molecule has 0 saturated heterocycles. The molecule has 0 radical (unpaired) electrons. The van der Waals surface area contributed by atoms with Gasteiger partial charge in [-0.15, -0.1) is 5.10 Å². The summed E-state index contributed by atoms with van der Waals surface area (Å²) < 4.78 is 3.52. The van der Waals surface area contributed by atoms with Crippen molar-refractivity contribution in [3.8, 4) is 0 Å². The average Bonchev–Trinajstić information content (AvgIpc) is 3.18. The lowest BCUT2D eigenvalue weighted by Gasteiger charge is -2.30. The first-order chi connectivity index (χ1) is 12.0. The molecule has 1 aliphatic carbocycles. The van der Waals surface area contributed by atoms with Gasteiger partial charge in [0, 0.05) is 36.7 Å². The van der Waals surface area contributed by atoms with Gasteiger partial charge in [-0.1, -0.05) is 0 Å². The molecule has 0 fully saturated rings. The van der Waals surface area contributed by atoms with E-state index in [0.717, 1.165) is 36.2 Å². The van der Waals surface area contributed by atoms with E-state index in [4.69, 9.17) is 0 Å². The van der Waals surface area contributed by atoms with Crippen LogP contribution >= 0.6 is 0 Å². The van der Waals surface area contributed by atoms with Gasteiger partial charge in [0.05, 0.1) is 12.2 Å². The molecule has 25 heavy (non-hydrogen) atoms. The van der Waals surface area contributed by atoms with Gasteiger partial charge in [-0.3, -0.25) is 9.48 Å². The Morgan fingerprint density at radius 1 is 1.32 bits per heavy atom. The Morgan fingerprint density at radius 3 is 2.92 bits per heavy atom. The molecular formula is C17H21N7O. The van der Waals surface area contributed by atoms with Crippen LogP contribution in [0.2, 0.25) is 0 Å². The highest BCUT2D eigenvalue weighted by Crippen LogP contribution is 2.33. The number of hydrogen-bond donors (Lipinski definition) is 0. The zero-order valence-corrected chi connectivity index (χ0v) is 14.9. The fourth-order valence-corrected chi connectivity index (χ4v) is 3.64. The maximum absolute atomic E-state index is 13.0. The van der Waals surface area contributed by atoms with Gasteiger partial charge in [0.25, 0.3) is 11.7 Å². The van der Waals surface area contributed by atoms with Gasteiger partial charge >= 0.3 is 0 Å². The van der Waals surface area contributed by atoms with E-state index in [1.807, 2.05) is 44.9 Å². The Bertz CT molecular complexity index is 971. The van der Waals surface area contributed by atoms with Crippen molar-refractivity contribution in [1.82, 2.24) is 34.3 Å². The van der Waals surface area contributed by atoms with Crippen LogP contribution in [0.3, 0.4) is 0 Å². The molecule has 4 rings (SSSR count). The van der Waals surface area contributed by atoms with E-state index in [1.165, 1.54) is 5.69 Å². The average molecular weight is 339 g/mol. The molecule has 0 N–H and O–H groups in total. The number of aryl methyl sites for hydroxylation is 3. The smallest absolute Gasteiger partial charge is 0.293 e. The molecule has 1 unspecified atom stereocenters. The van der Waals surface area contributed by atoms with E-state index < -0.39 is 0 Å². The lowest BCUT2D eigenvalue weighted by Crippen LogP contribution is -2.34. The number of rotatable bonds is 2. The molecule has 1 amide bonds.